The summed E-state index contributed by atoms with van der Waals surface area (Å²) in [5.41, 5.74) is -1.82. The molecular weight excluding hydrogens is 271 g/mol. The van der Waals surface area contributed by atoms with Crippen LogP contribution in [-0.2, 0) is 5.60 Å². The maximum absolute atomic E-state index is 13.3. The average Bonchev–Trinajstić information content (AvgIpc) is 2.91. The van der Waals surface area contributed by atoms with Crippen molar-refractivity contribution in [3.05, 3.63) is 36.1 Å². The molecular formula is C14H16F3NO2. The summed E-state index contributed by atoms with van der Waals surface area (Å²) in [5.74, 6) is 0. The zero-order valence-electron chi connectivity index (χ0n) is 10.9. The molecule has 20 heavy (non-hydrogen) atoms. The van der Waals surface area contributed by atoms with Crippen LogP contribution in [0, 0.1) is 0 Å². The van der Waals surface area contributed by atoms with E-state index >= 15 is 0 Å². The SMILES string of the molecule is CCNC(C(F)F)C(O)(CF)c1ccc2ccoc2c1. The van der Waals surface area contributed by atoms with Gasteiger partial charge in [0.05, 0.1) is 6.26 Å². The Morgan fingerprint density at radius 2 is 2.10 bits per heavy atom. The molecule has 3 nitrogen and oxygen atoms in total. The minimum atomic E-state index is -2.90. The van der Waals surface area contributed by atoms with E-state index in [1.54, 1.807) is 19.1 Å². The predicted octanol–water partition coefficient (Wildman–Crippen LogP) is 2.83. The van der Waals surface area contributed by atoms with Crippen LogP contribution < -0.4 is 5.32 Å². The Kier molecular flexibility index (Phi) is 4.35. The minimum absolute atomic E-state index is 0.0636. The van der Waals surface area contributed by atoms with Crippen molar-refractivity contribution >= 4 is 11.0 Å². The Hall–Kier alpha value is -1.53. The van der Waals surface area contributed by atoms with E-state index in [4.69, 9.17) is 4.42 Å². The van der Waals surface area contributed by atoms with Gasteiger partial charge < -0.3 is 14.8 Å². The van der Waals surface area contributed by atoms with Crippen LogP contribution in [0.15, 0.2) is 34.9 Å². The second-order valence-electron chi connectivity index (χ2n) is 4.60. The zero-order chi connectivity index (χ0) is 14.8. The van der Waals surface area contributed by atoms with Gasteiger partial charge in [-0.15, -0.1) is 0 Å². The molecule has 1 aromatic carbocycles. The molecule has 110 valence electrons. The highest BCUT2D eigenvalue weighted by atomic mass is 19.3. The summed E-state index contributed by atoms with van der Waals surface area (Å²) in [6.07, 6.45) is -1.46. The van der Waals surface area contributed by atoms with Gasteiger partial charge in [0.25, 0.3) is 6.43 Å². The lowest BCUT2D eigenvalue weighted by molar-refractivity contribution is -0.0767. The number of hydrogen-bond acceptors (Lipinski definition) is 3. The van der Waals surface area contributed by atoms with Crippen molar-refractivity contribution < 1.29 is 22.7 Å². The Bertz CT molecular complexity index is 572. The molecule has 2 aromatic rings. The monoisotopic (exact) mass is 287 g/mol. The van der Waals surface area contributed by atoms with E-state index in [2.05, 4.69) is 5.32 Å². The Labute approximate surface area is 114 Å². The first-order valence-electron chi connectivity index (χ1n) is 6.30. The first-order chi connectivity index (χ1) is 9.52. The number of rotatable bonds is 6. The highest BCUT2D eigenvalue weighted by molar-refractivity contribution is 5.77. The minimum Gasteiger partial charge on any atom is -0.464 e. The molecule has 0 bridgehead atoms. The van der Waals surface area contributed by atoms with Gasteiger partial charge in [0.2, 0.25) is 0 Å². The van der Waals surface area contributed by atoms with E-state index in [0.717, 1.165) is 5.39 Å². The molecule has 0 saturated heterocycles. The summed E-state index contributed by atoms with van der Waals surface area (Å²) in [6, 6.07) is 4.43. The van der Waals surface area contributed by atoms with Crippen LogP contribution in [0.2, 0.25) is 0 Å². The topological polar surface area (TPSA) is 45.4 Å². The van der Waals surface area contributed by atoms with Crippen LogP contribution in [0.4, 0.5) is 13.2 Å². The molecule has 0 aliphatic heterocycles. The van der Waals surface area contributed by atoms with E-state index in [1.807, 2.05) is 0 Å². The molecule has 0 aliphatic rings. The lowest BCUT2D eigenvalue weighted by Gasteiger charge is -2.34. The first-order valence-corrected chi connectivity index (χ1v) is 6.30. The molecule has 2 unspecified atom stereocenters. The molecule has 0 amide bonds. The number of likely N-dealkylation sites (N-methyl/N-ethyl adjacent to an activating group) is 1. The van der Waals surface area contributed by atoms with Crippen molar-refractivity contribution in [2.24, 2.45) is 0 Å². The van der Waals surface area contributed by atoms with Gasteiger partial charge in [-0.1, -0.05) is 19.1 Å². The third kappa shape index (κ3) is 2.53. The van der Waals surface area contributed by atoms with Crippen LogP contribution in [0.5, 0.6) is 0 Å². The second-order valence-corrected chi connectivity index (χ2v) is 4.60. The summed E-state index contributed by atoms with van der Waals surface area (Å²) < 4.78 is 44.7. The molecule has 0 saturated carbocycles. The van der Waals surface area contributed by atoms with Gasteiger partial charge in [0.1, 0.15) is 23.9 Å². The van der Waals surface area contributed by atoms with Crippen molar-refractivity contribution in [2.45, 2.75) is 25.0 Å². The summed E-state index contributed by atoms with van der Waals surface area (Å²) in [6.45, 7) is 0.491. The van der Waals surface area contributed by atoms with Crippen molar-refractivity contribution in [3.63, 3.8) is 0 Å². The van der Waals surface area contributed by atoms with Crippen LogP contribution in [-0.4, -0.2) is 30.8 Å². The summed E-state index contributed by atoms with van der Waals surface area (Å²) >= 11 is 0. The van der Waals surface area contributed by atoms with Crippen LogP contribution in [0.25, 0.3) is 11.0 Å². The number of fused-ring (bicyclic) bond motifs is 1. The van der Waals surface area contributed by atoms with E-state index in [1.165, 1.54) is 18.4 Å². The van der Waals surface area contributed by atoms with Gasteiger partial charge in [0.15, 0.2) is 0 Å². The van der Waals surface area contributed by atoms with E-state index in [-0.39, 0.29) is 12.1 Å². The quantitative estimate of drug-likeness (QED) is 0.858. The number of alkyl halides is 3. The molecule has 2 N–H and O–H groups in total. The number of furan rings is 1. The van der Waals surface area contributed by atoms with Gasteiger partial charge in [-0.3, -0.25) is 0 Å². The third-order valence-electron chi connectivity index (χ3n) is 3.35. The summed E-state index contributed by atoms with van der Waals surface area (Å²) in [7, 11) is 0. The fourth-order valence-corrected chi connectivity index (χ4v) is 2.25. The fourth-order valence-electron chi connectivity index (χ4n) is 2.25. The Balaban J connectivity index is 2.46. The fraction of sp³-hybridized carbons (Fsp3) is 0.429. The van der Waals surface area contributed by atoms with Gasteiger partial charge in [-0.2, -0.15) is 0 Å². The Morgan fingerprint density at radius 3 is 2.70 bits per heavy atom. The van der Waals surface area contributed by atoms with Crippen LogP contribution in [0.3, 0.4) is 0 Å². The van der Waals surface area contributed by atoms with E-state index in [0.29, 0.717) is 5.58 Å². The number of nitrogens with one attached hydrogen (secondary N) is 1. The molecule has 0 aliphatic carbocycles. The molecule has 1 heterocycles. The lowest BCUT2D eigenvalue weighted by Crippen LogP contribution is -2.54. The highest BCUT2D eigenvalue weighted by Crippen LogP contribution is 2.31. The second kappa shape index (κ2) is 5.85. The number of halogens is 3. The molecule has 0 fully saturated rings. The van der Waals surface area contributed by atoms with Gasteiger partial charge >= 0.3 is 0 Å². The van der Waals surface area contributed by atoms with Crippen molar-refractivity contribution in [2.75, 3.05) is 13.2 Å². The maximum atomic E-state index is 13.3. The number of aliphatic hydroxyl groups is 1. The van der Waals surface area contributed by atoms with Crippen LogP contribution in [0.1, 0.15) is 12.5 Å². The molecule has 2 rings (SSSR count). The molecule has 0 spiro atoms. The smallest absolute Gasteiger partial charge is 0.256 e. The number of benzene rings is 1. The van der Waals surface area contributed by atoms with Crippen molar-refractivity contribution in [1.29, 1.82) is 0 Å². The highest BCUT2D eigenvalue weighted by Gasteiger charge is 2.44. The van der Waals surface area contributed by atoms with Crippen LogP contribution >= 0.6 is 0 Å². The third-order valence-corrected chi connectivity index (χ3v) is 3.35. The van der Waals surface area contributed by atoms with Gasteiger partial charge in [-0.05, 0) is 24.2 Å². The molecule has 0 radical (unpaired) electrons. The van der Waals surface area contributed by atoms with Gasteiger partial charge in [0, 0.05) is 5.39 Å². The first kappa shape index (κ1) is 14.9. The number of hydrogen-bond donors (Lipinski definition) is 2. The Morgan fingerprint density at radius 1 is 1.35 bits per heavy atom. The standard InChI is InChI=1S/C14H16F3NO2/c1-2-18-12(13(16)17)14(19,8-15)10-4-3-9-5-6-20-11(9)7-10/h3-7,12-13,18-19H,2,8H2,1H3. The van der Waals surface area contributed by atoms with Gasteiger partial charge in [-0.25, -0.2) is 13.2 Å². The average molecular weight is 287 g/mol. The van der Waals surface area contributed by atoms with E-state index in [9.17, 15) is 18.3 Å². The normalized spacial score (nSPS) is 16.5. The molecule has 2 atom stereocenters. The van der Waals surface area contributed by atoms with E-state index < -0.39 is 24.7 Å². The lowest BCUT2D eigenvalue weighted by atomic mass is 9.87. The zero-order valence-corrected chi connectivity index (χ0v) is 10.9. The van der Waals surface area contributed by atoms with Crippen molar-refractivity contribution in [1.82, 2.24) is 5.32 Å². The summed E-state index contributed by atoms with van der Waals surface area (Å²) in [5, 5.41) is 13.6. The largest absolute Gasteiger partial charge is 0.464 e. The molecule has 6 heteroatoms. The predicted molar refractivity (Wildman–Crippen MR) is 69.6 cm³/mol. The maximum Gasteiger partial charge on any atom is 0.256 e. The van der Waals surface area contributed by atoms with Crippen molar-refractivity contribution in [3.8, 4) is 0 Å². The molecule has 1 aromatic heterocycles. The summed E-state index contributed by atoms with van der Waals surface area (Å²) in [4.78, 5) is 0.